The average Bonchev–Trinajstić information content (AvgIpc) is 3.16. The van der Waals surface area contributed by atoms with Crippen molar-refractivity contribution in [3.05, 3.63) is 0 Å². The summed E-state index contributed by atoms with van der Waals surface area (Å²) in [7, 11) is -21.1. The van der Waals surface area contributed by atoms with E-state index in [4.69, 9.17) is 53.9 Å². The highest BCUT2D eigenvalue weighted by molar-refractivity contribution is 8.04. The molecule has 53 heavy (non-hydrogen) atoms. The molecule has 2 heterocycles. The predicted octanol–water partition coefficient (Wildman–Crippen LogP) is 7.91. The Labute approximate surface area is 340 Å². The Morgan fingerprint density at radius 3 is 1.60 bits per heavy atom. The van der Waals surface area contributed by atoms with Crippen LogP contribution < -0.4 is 5.73 Å². The molecule has 0 aromatic heterocycles. The number of rotatable bonds is 25. The first-order valence-corrected chi connectivity index (χ1v) is 36.3. The van der Waals surface area contributed by atoms with E-state index < -0.39 is 60.9 Å². The maximum Gasteiger partial charge on any atom is 0.493 e. The number of hydrogen-bond acceptors (Lipinski definition) is 16. The van der Waals surface area contributed by atoms with Crippen molar-refractivity contribution < 1.29 is 41.8 Å². The van der Waals surface area contributed by atoms with E-state index in [2.05, 4.69) is 57.6 Å². The van der Waals surface area contributed by atoms with Crippen molar-refractivity contribution in [2.75, 3.05) is 38.0 Å². The summed E-state index contributed by atoms with van der Waals surface area (Å²) in [5, 5.41) is 25.9. The van der Waals surface area contributed by atoms with E-state index in [1.165, 1.54) is 35.3 Å². The first-order valence-electron chi connectivity index (χ1n) is 18.9. The number of terminal acetylenes is 1. The minimum absolute atomic E-state index is 0.381. The van der Waals surface area contributed by atoms with Gasteiger partial charge in [0.15, 0.2) is 0 Å². The number of nitriles is 2. The number of nitrogens with zero attached hydrogens (tertiary/aromatic N) is 2. The molecule has 304 valence electrons. The Kier molecular flexibility index (Phi) is 22.5. The van der Waals surface area contributed by atoms with E-state index in [0.29, 0.717) is 104 Å². The van der Waals surface area contributed by atoms with Crippen molar-refractivity contribution in [3.8, 4) is 22.5 Å². The highest BCUT2D eigenvalue weighted by atomic mass is 32.2. The third kappa shape index (κ3) is 13.9. The number of thiocyanates is 2. The third-order valence-corrected chi connectivity index (χ3v) is 44.4. The fraction of sp³-hybridized carbons (Fsp3) is 0.867. The Hall–Kier alpha value is 0.668. The van der Waals surface area contributed by atoms with Crippen LogP contribution in [0.15, 0.2) is 0 Å². The lowest BCUT2D eigenvalue weighted by atomic mass is 10.5. The van der Waals surface area contributed by atoms with Crippen molar-refractivity contribution in [1.29, 1.82) is 10.5 Å². The van der Waals surface area contributed by atoms with Gasteiger partial charge in [0.05, 0.1) is 0 Å². The van der Waals surface area contributed by atoms with Gasteiger partial charge >= 0.3 is 60.9 Å². The molecule has 0 aromatic carbocycles. The van der Waals surface area contributed by atoms with Crippen LogP contribution in [0, 0.1) is 33.0 Å². The van der Waals surface area contributed by atoms with E-state index in [0.717, 1.165) is 6.42 Å². The molecule has 13 nitrogen and oxygen atoms in total. The fourth-order valence-electron chi connectivity index (χ4n) is 6.48. The molecule has 2 aliphatic heterocycles. The molecule has 0 aromatic rings. The minimum atomic E-state index is -3.95. The molecular formula is C30H63N3O10S3Si7. The van der Waals surface area contributed by atoms with Gasteiger partial charge in [0.1, 0.15) is 10.8 Å². The van der Waals surface area contributed by atoms with Crippen LogP contribution in [0.1, 0.15) is 67.2 Å². The third-order valence-electron chi connectivity index (χ3n) is 9.58. The van der Waals surface area contributed by atoms with Gasteiger partial charge in [-0.1, -0.05) is 53.3 Å². The zero-order chi connectivity index (χ0) is 39.5. The van der Waals surface area contributed by atoms with Gasteiger partial charge in [-0.05, 0) is 97.3 Å². The van der Waals surface area contributed by atoms with E-state index in [1.54, 1.807) is 14.2 Å². The van der Waals surface area contributed by atoms with Gasteiger partial charge in [-0.3, -0.25) is 0 Å². The van der Waals surface area contributed by atoms with Crippen LogP contribution in [0.5, 0.6) is 0 Å². The number of fused-ring (bicyclic) bond motifs is 2. The van der Waals surface area contributed by atoms with Crippen LogP contribution in [0.25, 0.3) is 0 Å². The second kappa shape index (κ2) is 23.9. The Bertz CT molecular complexity index is 1230. The van der Waals surface area contributed by atoms with Crippen molar-refractivity contribution in [1.82, 2.24) is 0 Å². The smallest absolute Gasteiger partial charge is 0.415 e. The molecule has 2 bridgehead atoms. The number of nitrogens with two attached hydrogens (primary N) is 1. The van der Waals surface area contributed by atoms with E-state index >= 15 is 0 Å². The van der Waals surface area contributed by atoms with E-state index in [1.807, 2.05) is 0 Å². The normalized spacial score (nSPS) is 28.4. The molecule has 2 fully saturated rings. The van der Waals surface area contributed by atoms with Crippen molar-refractivity contribution >= 4 is 96.2 Å². The molecule has 0 amide bonds. The van der Waals surface area contributed by atoms with Crippen molar-refractivity contribution in [2.24, 2.45) is 5.73 Å². The summed E-state index contributed by atoms with van der Waals surface area (Å²) in [6.07, 6.45) is 8.22. The Morgan fingerprint density at radius 1 is 0.604 bits per heavy atom. The maximum absolute atomic E-state index is 9.47. The Balaban J connectivity index is 3.05. The van der Waals surface area contributed by atoms with Crippen LogP contribution in [0.4, 0.5) is 0 Å². The number of thioether (sulfide) groups is 3. The highest BCUT2D eigenvalue weighted by Crippen LogP contribution is 2.47. The lowest BCUT2D eigenvalue weighted by molar-refractivity contribution is 0.0590. The monoisotopic (exact) mass is 917 g/mol. The fourth-order valence-corrected chi connectivity index (χ4v) is 48.7. The molecule has 4 atom stereocenters. The topological polar surface area (TPSA) is 166 Å². The Morgan fingerprint density at radius 2 is 1.11 bits per heavy atom. The summed E-state index contributed by atoms with van der Waals surface area (Å²) in [5.41, 5.74) is 6.01. The predicted molar refractivity (Wildman–Crippen MR) is 230 cm³/mol. The van der Waals surface area contributed by atoms with Crippen LogP contribution >= 0.6 is 35.3 Å². The second-order valence-corrected chi connectivity index (χ2v) is 40.1. The van der Waals surface area contributed by atoms with Crippen LogP contribution in [-0.2, 0) is 41.8 Å². The van der Waals surface area contributed by atoms with E-state index in [-0.39, 0.29) is 0 Å². The lowest BCUT2D eigenvalue weighted by Crippen LogP contribution is -2.78. The summed E-state index contributed by atoms with van der Waals surface area (Å²) >= 11 is 3.81. The first-order chi connectivity index (χ1) is 25.4. The maximum atomic E-state index is 9.47. The molecule has 4 unspecified atom stereocenters. The molecule has 2 rings (SSSR count). The van der Waals surface area contributed by atoms with E-state index in [9.17, 15) is 10.5 Å². The van der Waals surface area contributed by atoms with Gasteiger partial charge in [-0.2, -0.15) is 10.5 Å². The van der Waals surface area contributed by atoms with Gasteiger partial charge < -0.3 is 47.5 Å². The molecule has 0 radical (unpaired) electrons. The zero-order valence-electron chi connectivity index (χ0n) is 33.1. The average molecular weight is 919 g/mol. The number of hydrogen-bond donors (Lipinski definition) is 1. The molecule has 0 spiro atoms. The molecule has 2 saturated heterocycles. The van der Waals surface area contributed by atoms with Crippen molar-refractivity contribution in [2.45, 2.75) is 128 Å². The van der Waals surface area contributed by atoms with Gasteiger partial charge in [-0.15, -0.1) is 6.42 Å². The van der Waals surface area contributed by atoms with Crippen LogP contribution in [0.2, 0.25) is 60.4 Å². The molecule has 2 aliphatic rings. The highest BCUT2D eigenvalue weighted by Gasteiger charge is 2.71. The molecule has 2 N–H and O–H groups in total. The van der Waals surface area contributed by atoms with Gasteiger partial charge in [-0.25, -0.2) is 0 Å². The van der Waals surface area contributed by atoms with Gasteiger partial charge in [0, 0.05) is 55.7 Å². The lowest BCUT2D eigenvalue weighted by Gasteiger charge is -2.57. The van der Waals surface area contributed by atoms with Crippen LogP contribution in [0.3, 0.4) is 0 Å². The molecule has 23 heteroatoms. The van der Waals surface area contributed by atoms with Crippen LogP contribution in [-0.4, -0.2) is 98.9 Å². The summed E-state index contributed by atoms with van der Waals surface area (Å²) in [6, 6.07) is 5.60. The summed E-state index contributed by atoms with van der Waals surface area (Å²) < 4.78 is 72.6. The first kappa shape index (κ1) is 49.8. The van der Waals surface area contributed by atoms with Crippen molar-refractivity contribution in [3.63, 3.8) is 0 Å². The molecule has 0 aliphatic carbocycles. The standard InChI is InChI=1S/C30H63N3O10S3Si7/c1-10-44-22-19-27-52(42-51(34-8,35-9)26-17-21-31)39-48(13-4,14-5)38-50(16-7)37-47(11-2,12-3)36-49(15-6,25-18-23-45-29-32)40-53(41-50,43-52)28-20-24-46-30-33/h1H,11-28,31H2,2-9H3. The minimum Gasteiger partial charge on any atom is -0.415 e. The molecule has 0 saturated carbocycles. The molecular weight excluding hydrogens is 855 g/mol. The van der Waals surface area contributed by atoms with Gasteiger partial charge in [0.2, 0.25) is 0 Å². The summed E-state index contributed by atoms with van der Waals surface area (Å²) in [6.45, 7) is 13.0. The SMILES string of the molecule is C#CSCCC[Si]1(O[Si](CCCN)(OC)OC)O[Si](CC)(CC)O[Si]2(CC)O[Si](CC)(CC)O[Si](CC)(CCCSC#N)O[Si](CCCSC#N)(O2)O1. The quantitative estimate of drug-likeness (QED) is 0.0406. The van der Waals surface area contributed by atoms with Gasteiger partial charge in [0.25, 0.3) is 0 Å². The second-order valence-electron chi connectivity index (χ2n) is 12.9. The zero-order valence-corrected chi connectivity index (χ0v) is 42.5. The summed E-state index contributed by atoms with van der Waals surface area (Å²) in [4.78, 5) is 0. The summed E-state index contributed by atoms with van der Waals surface area (Å²) in [5.74, 6) is 1.86. The largest absolute Gasteiger partial charge is 0.493 e.